The van der Waals surface area contributed by atoms with Gasteiger partial charge in [-0.1, -0.05) is 54.6 Å². The zero-order valence-electron chi connectivity index (χ0n) is 11.0. The molecule has 3 aromatic rings. The van der Waals surface area contributed by atoms with Crippen LogP contribution in [0.25, 0.3) is 11.1 Å². The summed E-state index contributed by atoms with van der Waals surface area (Å²) in [6.07, 6.45) is 2.70. The van der Waals surface area contributed by atoms with E-state index in [0.717, 1.165) is 6.42 Å². The van der Waals surface area contributed by atoms with Crippen LogP contribution in [0.15, 0.2) is 77.7 Å². The van der Waals surface area contributed by atoms with Crippen LogP contribution < -0.4 is 5.56 Å². The smallest absolute Gasteiger partial charge is 0.247 e. The Hall–Kier alpha value is -2.61. The zero-order chi connectivity index (χ0) is 13.8. The minimum absolute atomic E-state index is 0.0532. The lowest BCUT2D eigenvalue weighted by molar-refractivity contribution is 1.24. The van der Waals surface area contributed by atoms with Gasteiger partial charge in [-0.25, -0.2) is 0 Å². The van der Waals surface area contributed by atoms with Crippen molar-refractivity contribution in [3.05, 3.63) is 94.4 Å². The number of pyridine rings is 1. The minimum atomic E-state index is -0.0532. The lowest BCUT2D eigenvalue weighted by atomic mass is 10.1. The van der Waals surface area contributed by atoms with Gasteiger partial charge in [-0.05, 0) is 34.7 Å². The number of aromatic nitrogens is 1. The molecule has 98 valence electrons. The Morgan fingerprint density at radius 3 is 1.70 bits per heavy atom. The third kappa shape index (κ3) is 2.54. The van der Waals surface area contributed by atoms with E-state index in [9.17, 15) is 4.79 Å². The molecule has 0 spiro atoms. The number of aromatic amines is 1. The molecule has 0 atom stereocenters. The van der Waals surface area contributed by atoms with E-state index < -0.39 is 0 Å². The molecule has 0 aliphatic heterocycles. The van der Waals surface area contributed by atoms with Crippen LogP contribution in [0.1, 0.15) is 11.1 Å². The van der Waals surface area contributed by atoms with Crippen molar-refractivity contribution in [3.8, 4) is 11.1 Å². The minimum Gasteiger partial charge on any atom is -0.329 e. The Labute approximate surface area is 117 Å². The SMILES string of the molecule is O=c1cccc[nH]1.c1ccc2c(c1)Cc1ccccc1-2. The first-order valence-electron chi connectivity index (χ1n) is 6.64. The number of nitrogens with one attached hydrogen (secondary N) is 1. The molecule has 0 saturated heterocycles. The Morgan fingerprint density at radius 1 is 0.700 bits per heavy atom. The number of fused-ring (bicyclic) bond motifs is 3. The molecule has 4 rings (SSSR count). The van der Waals surface area contributed by atoms with Gasteiger partial charge in [-0.2, -0.15) is 0 Å². The van der Waals surface area contributed by atoms with Gasteiger partial charge in [0.15, 0.2) is 0 Å². The van der Waals surface area contributed by atoms with Crippen LogP contribution in [-0.2, 0) is 6.42 Å². The first-order valence-corrected chi connectivity index (χ1v) is 6.64. The molecule has 2 nitrogen and oxygen atoms in total. The van der Waals surface area contributed by atoms with Gasteiger partial charge >= 0.3 is 0 Å². The summed E-state index contributed by atoms with van der Waals surface area (Å²) in [5.74, 6) is 0. The summed E-state index contributed by atoms with van der Waals surface area (Å²) in [5.41, 5.74) is 5.70. The molecule has 0 radical (unpaired) electrons. The average molecular weight is 261 g/mol. The van der Waals surface area contributed by atoms with Gasteiger partial charge in [-0.3, -0.25) is 4.79 Å². The second kappa shape index (κ2) is 5.57. The van der Waals surface area contributed by atoms with Crippen molar-refractivity contribution in [3.63, 3.8) is 0 Å². The van der Waals surface area contributed by atoms with Gasteiger partial charge < -0.3 is 4.98 Å². The first-order chi connectivity index (χ1) is 9.84. The van der Waals surface area contributed by atoms with Crippen molar-refractivity contribution in [1.82, 2.24) is 4.98 Å². The summed E-state index contributed by atoms with van der Waals surface area (Å²) in [5, 5.41) is 0. The summed E-state index contributed by atoms with van der Waals surface area (Å²) in [6.45, 7) is 0. The lowest BCUT2D eigenvalue weighted by Gasteiger charge is -1.98. The summed E-state index contributed by atoms with van der Waals surface area (Å²) >= 11 is 0. The van der Waals surface area contributed by atoms with Crippen molar-refractivity contribution in [2.24, 2.45) is 0 Å². The maximum Gasteiger partial charge on any atom is 0.247 e. The fourth-order valence-corrected chi connectivity index (χ4v) is 2.46. The molecule has 0 bridgehead atoms. The largest absolute Gasteiger partial charge is 0.329 e. The maximum atomic E-state index is 10.2. The van der Waals surface area contributed by atoms with Gasteiger partial charge in [0.25, 0.3) is 0 Å². The molecule has 20 heavy (non-hydrogen) atoms. The Morgan fingerprint density at radius 2 is 1.25 bits per heavy atom. The first kappa shape index (κ1) is 12.4. The van der Waals surface area contributed by atoms with Crippen LogP contribution in [0.4, 0.5) is 0 Å². The third-order valence-corrected chi connectivity index (χ3v) is 3.39. The number of benzene rings is 2. The fraction of sp³-hybridized carbons (Fsp3) is 0.0556. The number of hydrogen-bond acceptors (Lipinski definition) is 1. The highest BCUT2D eigenvalue weighted by Crippen LogP contribution is 2.35. The molecule has 1 N–H and O–H groups in total. The maximum absolute atomic E-state index is 10.2. The predicted octanol–water partition coefficient (Wildman–Crippen LogP) is 3.63. The molecule has 0 fully saturated rings. The van der Waals surface area contributed by atoms with E-state index in [1.54, 1.807) is 18.3 Å². The molecular weight excluding hydrogens is 246 g/mol. The molecule has 2 aromatic carbocycles. The highest BCUT2D eigenvalue weighted by Gasteiger charge is 2.15. The normalized spacial score (nSPS) is 11.0. The Kier molecular flexibility index (Phi) is 3.46. The van der Waals surface area contributed by atoms with Crippen LogP contribution >= 0.6 is 0 Å². The quantitative estimate of drug-likeness (QED) is 0.515. The Bertz CT molecular complexity index is 713. The Balaban J connectivity index is 0.000000147. The van der Waals surface area contributed by atoms with Crippen molar-refractivity contribution >= 4 is 0 Å². The van der Waals surface area contributed by atoms with Crippen molar-refractivity contribution < 1.29 is 0 Å². The van der Waals surface area contributed by atoms with Crippen LogP contribution in [0, 0.1) is 0 Å². The molecule has 1 aromatic heterocycles. The summed E-state index contributed by atoms with van der Waals surface area (Å²) in [4.78, 5) is 12.7. The molecular formula is C18H15NO. The highest BCUT2D eigenvalue weighted by atomic mass is 16.1. The van der Waals surface area contributed by atoms with Crippen LogP contribution in [-0.4, -0.2) is 4.98 Å². The van der Waals surface area contributed by atoms with E-state index in [1.807, 2.05) is 0 Å². The van der Waals surface area contributed by atoms with Crippen molar-refractivity contribution in [1.29, 1.82) is 0 Å². The highest BCUT2D eigenvalue weighted by molar-refractivity contribution is 5.76. The number of rotatable bonds is 0. The third-order valence-electron chi connectivity index (χ3n) is 3.39. The molecule has 0 amide bonds. The van der Waals surface area contributed by atoms with Crippen LogP contribution in [0.3, 0.4) is 0 Å². The zero-order valence-corrected chi connectivity index (χ0v) is 11.0. The summed E-state index contributed by atoms with van der Waals surface area (Å²) < 4.78 is 0. The second-order valence-corrected chi connectivity index (χ2v) is 4.72. The average Bonchev–Trinajstić information content (AvgIpc) is 2.87. The van der Waals surface area contributed by atoms with E-state index in [-0.39, 0.29) is 5.56 Å². The van der Waals surface area contributed by atoms with E-state index >= 15 is 0 Å². The van der Waals surface area contributed by atoms with Crippen LogP contribution in [0.2, 0.25) is 0 Å². The fourth-order valence-electron chi connectivity index (χ4n) is 2.46. The van der Waals surface area contributed by atoms with Crippen molar-refractivity contribution in [2.75, 3.05) is 0 Å². The topological polar surface area (TPSA) is 32.9 Å². The molecule has 2 heteroatoms. The van der Waals surface area contributed by atoms with Gasteiger partial charge in [0, 0.05) is 12.3 Å². The molecule has 1 aliphatic carbocycles. The molecule has 0 saturated carbocycles. The monoisotopic (exact) mass is 261 g/mol. The number of hydrogen-bond donors (Lipinski definition) is 1. The van der Waals surface area contributed by atoms with Crippen molar-refractivity contribution in [2.45, 2.75) is 6.42 Å². The predicted molar refractivity (Wildman–Crippen MR) is 81.7 cm³/mol. The van der Waals surface area contributed by atoms with Gasteiger partial charge in [-0.15, -0.1) is 0 Å². The van der Waals surface area contributed by atoms with E-state index in [0.29, 0.717) is 0 Å². The summed E-state index contributed by atoms with van der Waals surface area (Å²) in [6, 6.07) is 22.2. The standard InChI is InChI=1S/C13H10.C5H5NO/c1-3-7-12-10(5-1)9-11-6-2-4-8-13(11)12;7-5-3-1-2-4-6-5/h1-8H,9H2;1-4H,(H,6,7). The van der Waals surface area contributed by atoms with Gasteiger partial charge in [0.2, 0.25) is 5.56 Å². The molecule has 1 heterocycles. The van der Waals surface area contributed by atoms with Gasteiger partial charge in [0.05, 0.1) is 0 Å². The molecule has 0 unspecified atom stereocenters. The van der Waals surface area contributed by atoms with Crippen LogP contribution in [0.5, 0.6) is 0 Å². The lowest BCUT2D eigenvalue weighted by Crippen LogP contribution is -1.98. The van der Waals surface area contributed by atoms with E-state index in [1.165, 1.54) is 28.3 Å². The second-order valence-electron chi connectivity index (χ2n) is 4.72. The number of H-pyrrole nitrogens is 1. The molecule has 1 aliphatic rings. The van der Waals surface area contributed by atoms with E-state index in [2.05, 4.69) is 53.5 Å². The van der Waals surface area contributed by atoms with E-state index in [4.69, 9.17) is 0 Å². The summed E-state index contributed by atoms with van der Waals surface area (Å²) in [7, 11) is 0. The van der Waals surface area contributed by atoms with Gasteiger partial charge in [0.1, 0.15) is 0 Å².